The maximum absolute atomic E-state index is 13.2. The van der Waals surface area contributed by atoms with Crippen molar-refractivity contribution in [2.45, 2.75) is 45.6 Å². The lowest BCUT2D eigenvalue weighted by atomic mass is 10.2. The number of carbonyl (C=O) groups excluding carboxylic acids is 2. The fraction of sp³-hybridized carbons (Fsp3) is 0.333. The zero-order valence-electron chi connectivity index (χ0n) is 21.0. The molecule has 1 fully saturated rings. The van der Waals surface area contributed by atoms with E-state index >= 15 is 0 Å². The van der Waals surface area contributed by atoms with Crippen LogP contribution in [-0.4, -0.2) is 65.8 Å². The Morgan fingerprint density at radius 2 is 1.35 bits per heavy atom. The van der Waals surface area contributed by atoms with Gasteiger partial charge >= 0.3 is 0 Å². The van der Waals surface area contributed by atoms with Gasteiger partial charge in [0.15, 0.2) is 0 Å². The summed E-state index contributed by atoms with van der Waals surface area (Å²) in [7, 11) is 0. The summed E-state index contributed by atoms with van der Waals surface area (Å²) in [5, 5.41) is 19.8. The van der Waals surface area contributed by atoms with Crippen molar-refractivity contribution in [2.24, 2.45) is 0 Å². The largest absolute Gasteiger partial charge is 0.354 e. The first kappa shape index (κ1) is 24.4. The Morgan fingerprint density at radius 1 is 0.838 bits per heavy atom. The first-order valence-corrected chi connectivity index (χ1v) is 12.5. The Labute approximate surface area is 215 Å². The molecule has 0 bridgehead atoms. The fourth-order valence-electron chi connectivity index (χ4n) is 4.35. The molecule has 2 aromatic carbocycles. The zero-order chi connectivity index (χ0) is 25.8. The van der Waals surface area contributed by atoms with Gasteiger partial charge in [-0.3, -0.25) is 9.59 Å². The average molecular weight is 499 g/mol. The second kappa shape index (κ2) is 10.7. The standard InChI is InChI=1S/C27H30N8O2/c1-19-24(29-31-34(19)22-9-5-3-6-10-22)17-26(36)28-15-16-33(21-13-14-21)27(37)18-25-20(2)35(32-30-25)23-11-7-4-8-12-23/h3-12,21H,13-18H2,1-2H3,(H,28,36). The lowest BCUT2D eigenvalue weighted by molar-refractivity contribution is -0.131. The minimum absolute atomic E-state index is 0.00149. The molecule has 0 radical (unpaired) electrons. The third-order valence-electron chi connectivity index (χ3n) is 6.61. The van der Waals surface area contributed by atoms with Gasteiger partial charge in [-0.1, -0.05) is 46.8 Å². The SMILES string of the molecule is Cc1c(CC(=O)NCCN(C(=O)Cc2nnn(-c3ccccc3)c2C)C2CC2)nnn1-c1ccccc1. The van der Waals surface area contributed by atoms with Crippen LogP contribution in [0.1, 0.15) is 35.6 Å². The molecule has 0 saturated heterocycles. The monoisotopic (exact) mass is 498 g/mol. The van der Waals surface area contributed by atoms with E-state index in [4.69, 9.17) is 0 Å². The van der Waals surface area contributed by atoms with E-state index in [1.807, 2.05) is 79.4 Å². The number of hydrogen-bond acceptors (Lipinski definition) is 6. The van der Waals surface area contributed by atoms with Crippen molar-refractivity contribution in [3.8, 4) is 11.4 Å². The highest BCUT2D eigenvalue weighted by Crippen LogP contribution is 2.27. The van der Waals surface area contributed by atoms with Crippen LogP contribution < -0.4 is 5.32 Å². The van der Waals surface area contributed by atoms with Crippen LogP contribution >= 0.6 is 0 Å². The second-order valence-electron chi connectivity index (χ2n) is 9.26. The Hall–Kier alpha value is -4.34. The van der Waals surface area contributed by atoms with E-state index in [1.165, 1.54) is 0 Å². The molecule has 0 spiro atoms. The van der Waals surface area contributed by atoms with Crippen LogP contribution in [0.5, 0.6) is 0 Å². The van der Waals surface area contributed by atoms with Crippen LogP contribution in [-0.2, 0) is 22.4 Å². The molecule has 4 aromatic rings. The summed E-state index contributed by atoms with van der Waals surface area (Å²) < 4.78 is 3.48. The fourth-order valence-corrected chi connectivity index (χ4v) is 4.35. The van der Waals surface area contributed by atoms with E-state index in [0.29, 0.717) is 24.5 Å². The van der Waals surface area contributed by atoms with Crippen molar-refractivity contribution >= 4 is 11.8 Å². The van der Waals surface area contributed by atoms with E-state index in [1.54, 1.807) is 9.36 Å². The maximum Gasteiger partial charge on any atom is 0.229 e. The number of carbonyl (C=O) groups is 2. The van der Waals surface area contributed by atoms with Crippen molar-refractivity contribution in [1.29, 1.82) is 0 Å². The number of hydrogen-bond donors (Lipinski definition) is 1. The first-order valence-electron chi connectivity index (χ1n) is 12.5. The van der Waals surface area contributed by atoms with Crippen molar-refractivity contribution in [3.05, 3.63) is 83.4 Å². The molecule has 2 heterocycles. The van der Waals surface area contributed by atoms with Gasteiger partial charge in [0.2, 0.25) is 11.8 Å². The van der Waals surface area contributed by atoms with Gasteiger partial charge in [-0.2, -0.15) is 0 Å². The van der Waals surface area contributed by atoms with Crippen molar-refractivity contribution < 1.29 is 9.59 Å². The lowest BCUT2D eigenvalue weighted by Gasteiger charge is -2.22. The molecule has 2 amide bonds. The number of benzene rings is 2. The summed E-state index contributed by atoms with van der Waals surface area (Å²) in [6.45, 7) is 4.66. The number of aromatic nitrogens is 6. The third kappa shape index (κ3) is 5.58. The Bertz CT molecular complexity index is 1380. The van der Waals surface area contributed by atoms with Gasteiger partial charge in [0, 0.05) is 19.1 Å². The summed E-state index contributed by atoms with van der Waals surface area (Å²) in [6, 6.07) is 19.7. The molecule has 5 rings (SSSR count). The predicted octanol–water partition coefficient (Wildman–Crippen LogP) is 2.36. The highest BCUT2D eigenvalue weighted by molar-refractivity contribution is 5.80. The van der Waals surface area contributed by atoms with Crippen molar-refractivity contribution in [2.75, 3.05) is 13.1 Å². The van der Waals surface area contributed by atoms with E-state index in [2.05, 4.69) is 25.9 Å². The Morgan fingerprint density at radius 3 is 1.86 bits per heavy atom. The molecule has 10 heteroatoms. The average Bonchev–Trinajstić information content (AvgIpc) is 3.61. The normalized spacial score (nSPS) is 12.9. The lowest BCUT2D eigenvalue weighted by Crippen LogP contribution is -2.41. The number of nitrogens with zero attached hydrogens (tertiary/aromatic N) is 7. The van der Waals surface area contributed by atoms with Gasteiger partial charge in [-0.15, -0.1) is 10.2 Å². The number of para-hydroxylation sites is 2. The van der Waals surface area contributed by atoms with E-state index in [0.717, 1.165) is 35.6 Å². The van der Waals surface area contributed by atoms with Crippen LogP contribution in [0.25, 0.3) is 11.4 Å². The van der Waals surface area contributed by atoms with Gasteiger partial charge in [-0.05, 0) is 51.0 Å². The minimum atomic E-state index is -0.145. The quantitative estimate of drug-likeness (QED) is 0.359. The first-order chi connectivity index (χ1) is 18.0. The summed E-state index contributed by atoms with van der Waals surface area (Å²) in [4.78, 5) is 27.6. The smallest absolute Gasteiger partial charge is 0.229 e. The van der Waals surface area contributed by atoms with Gasteiger partial charge in [0.25, 0.3) is 0 Å². The molecular weight excluding hydrogens is 468 g/mol. The van der Waals surface area contributed by atoms with Crippen LogP contribution in [0, 0.1) is 13.8 Å². The van der Waals surface area contributed by atoms with E-state index < -0.39 is 0 Å². The topological polar surface area (TPSA) is 111 Å². The number of amides is 2. The predicted molar refractivity (Wildman–Crippen MR) is 137 cm³/mol. The summed E-state index contributed by atoms with van der Waals surface area (Å²) in [5.41, 5.74) is 4.79. The van der Waals surface area contributed by atoms with Crippen LogP contribution in [0.15, 0.2) is 60.7 Å². The molecular formula is C27H30N8O2. The summed E-state index contributed by atoms with van der Waals surface area (Å²) >= 11 is 0. The molecule has 1 N–H and O–H groups in total. The maximum atomic E-state index is 13.2. The summed E-state index contributed by atoms with van der Waals surface area (Å²) in [6.07, 6.45) is 2.29. The molecule has 1 aliphatic carbocycles. The molecule has 190 valence electrons. The zero-order valence-corrected chi connectivity index (χ0v) is 21.0. The van der Waals surface area contributed by atoms with E-state index in [-0.39, 0.29) is 30.7 Å². The van der Waals surface area contributed by atoms with Gasteiger partial charge < -0.3 is 10.2 Å². The molecule has 0 unspecified atom stereocenters. The van der Waals surface area contributed by atoms with Gasteiger partial charge in [0.05, 0.1) is 47.0 Å². The molecule has 1 aliphatic rings. The molecule has 10 nitrogen and oxygen atoms in total. The van der Waals surface area contributed by atoms with Crippen molar-refractivity contribution in [1.82, 2.24) is 40.2 Å². The summed E-state index contributed by atoms with van der Waals surface area (Å²) in [5.74, 6) is -0.144. The molecule has 0 atom stereocenters. The number of rotatable bonds is 10. The van der Waals surface area contributed by atoms with Gasteiger partial charge in [-0.25, -0.2) is 9.36 Å². The van der Waals surface area contributed by atoms with E-state index in [9.17, 15) is 9.59 Å². The van der Waals surface area contributed by atoms with Crippen LogP contribution in [0.3, 0.4) is 0 Å². The van der Waals surface area contributed by atoms with Crippen molar-refractivity contribution in [3.63, 3.8) is 0 Å². The van der Waals surface area contributed by atoms with Gasteiger partial charge in [0.1, 0.15) is 0 Å². The highest BCUT2D eigenvalue weighted by atomic mass is 16.2. The molecule has 37 heavy (non-hydrogen) atoms. The second-order valence-corrected chi connectivity index (χ2v) is 9.26. The Kier molecular flexibility index (Phi) is 7.07. The molecule has 2 aromatic heterocycles. The highest BCUT2D eigenvalue weighted by Gasteiger charge is 2.33. The third-order valence-corrected chi connectivity index (χ3v) is 6.61. The number of nitrogens with one attached hydrogen (secondary N) is 1. The minimum Gasteiger partial charge on any atom is -0.354 e. The molecule has 0 aliphatic heterocycles. The van der Waals surface area contributed by atoms with Crippen LogP contribution in [0.2, 0.25) is 0 Å². The molecule has 1 saturated carbocycles. The Balaban J connectivity index is 1.15. The van der Waals surface area contributed by atoms with Crippen LogP contribution in [0.4, 0.5) is 0 Å².